The van der Waals surface area contributed by atoms with Crippen LogP contribution in [0.3, 0.4) is 0 Å². The van der Waals surface area contributed by atoms with E-state index in [1.54, 1.807) is 31.2 Å². The quantitative estimate of drug-likeness (QED) is 0.820. The molecule has 2 rings (SSSR count). The van der Waals surface area contributed by atoms with E-state index < -0.39 is 11.6 Å². The molecule has 86 valence electrons. The summed E-state index contributed by atoms with van der Waals surface area (Å²) in [5.41, 5.74) is -0.0374. The fourth-order valence-electron chi connectivity index (χ4n) is 1.60. The number of phenols is 1. The number of halogens is 1. The lowest BCUT2D eigenvalue weighted by Gasteiger charge is -2.10. The molecule has 16 heavy (non-hydrogen) atoms. The first-order valence-electron chi connectivity index (χ1n) is 5.22. The summed E-state index contributed by atoms with van der Waals surface area (Å²) in [5, 5.41) is 11.9. The van der Waals surface area contributed by atoms with E-state index in [1.807, 2.05) is 0 Å². The van der Waals surface area contributed by atoms with Crippen LogP contribution in [0, 0.1) is 5.41 Å². The number of nitrogens with one attached hydrogen (secondary N) is 1. The molecular weight excluding hydrogens is 209 g/mol. The maximum atomic E-state index is 12.9. The first-order valence-corrected chi connectivity index (χ1v) is 5.22. The number of phenolic OH excluding ortho intramolecular Hbond substituents is 1. The molecule has 0 radical (unpaired) electrons. The third kappa shape index (κ3) is 2.01. The van der Waals surface area contributed by atoms with E-state index in [1.165, 1.54) is 0 Å². The highest BCUT2D eigenvalue weighted by Gasteiger charge is 2.57. The van der Waals surface area contributed by atoms with Gasteiger partial charge in [0.25, 0.3) is 0 Å². The van der Waals surface area contributed by atoms with Crippen LogP contribution < -0.4 is 5.32 Å². The van der Waals surface area contributed by atoms with E-state index in [9.17, 15) is 14.3 Å². The standard InChI is InChI=1S/C12H14FNO2/c1-12(6-10(12)13)11(16)14-7-8-3-2-4-9(15)5-8/h2-5,10,15H,6-7H2,1H3,(H,14,16)/t10-,12+/m1/s1. The van der Waals surface area contributed by atoms with Crippen molar-refractivity contribution in [3.8, 4) is 5.75 Å². The zero-order chi connectivity index (χ0) is 11.8. The van der Waals surface area contributed by atoms with Crippen LogP contribution in [-0.4, -0.2) is 17.2 Å². The number of hydrogen-bond donors (Lipinski definition) is 2. The molecule has 1 fully saturated rings. The molecular formula is C12H14FNO2. The van der Waals surface area contributed by atoms with E-state index in [0.29, 0.717) is 13.0 Å². The molecule has 1 amide bonds. The minimum absolute atomic E-state index is 0.160. The minimum Gasteiger partial charge on any atom is -0.508 e. The van der Waals surface area contributed by atoms with Gasteiger partial charge in [-0.1, -0.05) is 12.1 Å². The third-order valence-corrected chi connectivity index (χ3v) is 3.02. The fourth-order valence-corrected chi connectivity index (χ4v) is 1.60. The molecule has 1 aliphatic carbocycles. The van der Waals surface area contributed by atoms with Gasteiger partial charge in [0.1, 0.15) is 11.9 Å². The molecule has 2 atom stereocenters. The van der Waals surface area contributed by atoms with Crippen LogP contribution in [0.15, 0.2) is 24.3 Å². The Labute approximate surface area is 93.3 Å². The van der Waals surface area contributed by atoms with Gasteiger partial charge in [-0.15, -0.1) is 0 Å². The summed E-state index contributed by atoms with van der Waals surface area (Å²) in [6.45, 7) is 1.94. The number of amides is 1. The fraction of sp³-hybridized carbons (Fsp3) is 0.417. The van der Waals surface area contributed by atoms with Gasteiger partial charge in [0, 0.05) is 6.54 Å². The predicted octanol–water partition coefficient (Wildman–Crippen LogP) is 1.76. The molecule has 0 heterocycles. The van der Waals surface area contributed by atoms with Gasteiger partial charge in [0.2, 0.25) is 5.91 Å². The number of carbonyl (C=O) groups is 1. The molecule has 0 aromatic heterocycles. The van der Waals surface area contributed by atoms with Crippen LogP contribution in [0.4, 0.5) is 4.39 Å². The third-order valence-electron chi connectivity index (χ3n) is 3.02. The number of rotatable bonds is 3. The van der Waals surface area contributed by atoms with Crippen molar-refractivity contribution in [2.45, 2.75) is 26.1 Å². The van der Waals surface area contributed by atoms with Gasteiger partial charge in [-0.05, 0) is 31.0 Å². The van der Waals surface area contributed by atoms with Crippen LogP contribution in [0.2, 0.25) is 0 Å². The molecule has 1 aliphatic rings. The molecule has 0 spiro atoms. The Kier molecular flexibility index (Phi) is 2.58. The maximum Gasteiger partial charge on any atom is 0.229 e. The number of carbonyl (C=O) groups excluding carboxylic acids is 1. The largest absolute Gasteiger partial charge is 0.508 e. The molecule has 4 heteroatoms. The zero-order valence-corrected chi connectivity index (χ0v) is 9.03. The zero-order valence-electron chi connectivity index (χ0n) is 9.03. The second kappa shape index (κ2) is 3.77. The molecule has 3 nitrogen and oxygen atoms in total. The van der Waals surface area contributed by atoms with Crippen molar-refractivity contribution in [3.63, 3.8) is 0 Å². The molecule has 1 aromatic rings. The van der Waals surface area contributed by atoms with Crippen molar-refractivity contribution in [1.82, 2.24) is 5.32 Å². The summed E-state index contributed by atoms with van der Waals surface area (Å²) in [7, 11) is 0. The molecule has 0 aliphatic heterocycles. The highest BCUT2D eigenvalue weighted by atomic mass is 19.1. The Morgan fingerprint density at radius 2 is 2.38 bits per heavy atom. The van der Waals surface area contributed by atoms with Gasteiger partial charge in [-0.3, -0.25) is 4.79 Å². The Balaban J connectivity index is 1.91. The van der Waals surface area contributed by atoms with Crippen molar-refractivity contribution < 1.29 is 14.3 Å². The van der Waals surface area contributed by atoms with Gasteiger partial charge in [-0.2, -0.15) is 0 Å². The van der Waals surface area contributed by atoms with Crippen LogP contribution in [0.25, 0.3) is 0 Å². The van der Waals surface area contributed by atoms with Crippen molar-refractivity contribution >= 4 is 5.91 Å². The summed E-state index contributed by atoms with van der Waals surface area (Å²) in [6.07, 6.45) is -0.713. The Bertz CT molecular complexity index is 421. The summed E-state index contributed by atoms with van der Waals surface area (Å²) in [6, 6.07) is 6.63. The van der Waals surface area contributed by atoms with E-state index in [0.717, 1.165) is 5.56 Å². The lowest BCUT2D eigenvalue weighted by atomic mass is 10.1. The molecule has 0 unspecified atom stereocenters. The highest BCUT2D eigenvalue weighted by molar-refractivity contribution is 5.86. The lowest BCUT2D eigenvalue weighted by Crippen LogP contribution is -2.31. The number of benzene rings is 1. The summed E-state index contributed by atoms with van der Waals surface area (Å²) >= 11 is 0. The first kappa shape index (κ1) is 10.9. The number of aromatic hydroxyl groups is 1. The number of hydrogen-bond acceptors (Lipinski definition) is 2. The van der Waals surface area contributed by atoms with Crippen molar-refractivity contribution in [1.29, 1.82) is 0 Å². The molecule has 2 N–H and O–H groups in total. The Morgan fingerprint density at radius 3 is 2.94 bits per heavy atom. The lowest BCUT2D eigenvalue weighted by molar-refractivity contribution is -0.126. The van der Waals surface area contributed by atoms with Gasteiger partial charge in [0.05, 0.1) is 5.41 Å². The number of alkyl halides is 1. The van der Waals surface area contributed by atoms with E-state index in [2.05, 4.69) is 5.32 Å². The van der Waals surface area contributed by atoms with Gasteiger partial charge in [-0.25, -0.2) is 4.39 Å². The average molecular weight is 223 g/mol. The van der Waals surface area contributed by atoms with E-state index >= 15 is 0 Å². The second-order valence-electron chi connectivity index (χ2n) is 4.44. The van der Waals surface area contributed by atoms with Gasteiger partial charge >= 0.3 is 0 Å². The summed E-state index contributed by atoms with van der Waals surface area (Å²) < 4.78 is 12.9. The van der Waals surface area contributed by atoms with Crippen LogP contribution in [0.5, 0.6) is 5.75 Å². The van der Waals surface area contributed by atoms with Gasteiger partial charge in [0.15, 0.2) is 0 Å². The normalized spacial score (nSPS) is 27.5. The van der Waals surface area contributed by atoms with Crippen molar-refractivity contribution in [2.75, 3.05) is 0 Å². The first-order chi connectivity index (χ1) is 7.52. The van der Waals surface area contributed by atoms with Crippen molar-refractivity contribution in [2.24, 2.45) is 5.41 Å². The smallest absolute Gasteiger partial charge is 0.229 e. The van der Waals surface area contributed by atoms with Crippen LogP contribution in [0.1, 0.15) is 18.9 Å². The predicted molar refractivity (Wildman–Crippen MR) is 57.6 cm³/mol. The molecule has 0 bridgehead atoms. The van der Waals surface area contributed by atoms with Gasteiger partial charge < -0.3 is 10.4 Å². The SMILES string of the molecule is C[C@]1(C(=O)NCc2cccc(O)c2)C[C@H]1F. The maximum absolute atomic E-state index is 12.9. The highest BCUT2D eigenvalue weighted by Crippen LogP contribution is 2.48. The van der Waals surface area contributed by atoms with Crippen molar-refractivity contribution in [3.05, 3.63) is 29.8 Å². The minimum atomic E-state index is -1.02. The second-order valence-corrected chi connectivity index (χ2v) is 4.44. The van der Waals surface area contributed by atoms with Crippen LogP contribution in [-0.2, 0) is 11.3 Å². The Hall–Kier alpha value is -1.58. The Morgan fingerprint density at radius 1 is 1.69 bits per heavy atom. The topological polar surface area (TPSA) is 49.3 Å². The summed E-state index contributed by atoms with van der Waals surface area (Å²) in [5.74, 6) is -0.101. The summed E-state index contributed by atoms with van der Waals surface area (Å²) in [4.78, 5) is 11.6. The molecule has 1 aromatic carbocycles. The van der Waals surface area contributed by atoms with E-state index in [4.69, 9.17) is 0 Å². The molecule has 0 saturated heterocycles. The van der Waals surface area contributed by atoms with Crippen LogP contribution >= 0.6 is 0 Å². The average Bonchev–Trinajstić information content (AvgIpc) is 2.85. The molecule has 1 saturated carbocycles. The van der Waals surface area contributed by atoms with E-state index in [-0.39, 0.29) is 11.7 Å². The monoisotopic (exact) mass is 223 g/mol.